The molecule has 0 fully saturated rings. The van der Waals surface area contributed by atoms with Crippen LogP contribution in [0.2, 0.25) is 0 Å². The van der Waals surface area contributed by atoms with E-state index in [0.717, 1.165) is 15.7 Å². The Morgan fingerprint density at radius 1 is 1.19 bits per heavy atom. The van der Waals surface area contributed by atoms with Gasteiger partial charge in [-0.2, -0.15) is 0 Å². The Morgan fingerprint density at radius 3 is 2.77 bits per heavy atom. The molecule has 5 nitrogen and oxygen atoms in total. The molecule has 3 rings (SSSR count). The summed E-state index contributed by atoms with van der Waals surface area (Å²) in [6.07, 6.45) is 0. The van der Waals surface area contributed by atoms with Crippen molar-refractivity contribution >= 4 is 56.0 Å². The first-order chi connectivity index (χ1) is 12.5. The Morgan fingerprint density at radius 2 is 2.00 bits per heavy atom. The molecule has 0 radical (unpaired) electrons. The summed E-state index contributed by atoms with van der Waals surface area (Å²) in [5, 5.41) is 5.23. The van der Waals surface area contributed by atoms with Gasteiger partial charge in [0, 0.05) is 20.3 Å². The van der Waals surface area contributed by atoms with Crippen molar-refractivity contribution < 1.29 is 9.59 Å². The maximum atomic E-state index is 12.6. The lowest BCUT2D eigenvalue weighted by Gasteiger charge is -2.07. The number of nitrogens with two attached hydrogens (primary N) is 1. The molecule has 2 amide bonds. The molecule has 0 aliphatic carbocycles. The summed E-state index contributed by atoms with van der Waals surface area (Å²) >= 11 is 6.04. The average Bonchev–Trinajstić information content (AvgIpc) is 3.08. The van der Waals surface area contributed by atoms with Crippen LogP contribution in [0.1, 0.15) is 10.4 Å². The highest BCUT2D eigenvalue weighted by molar-refractivity contribution is 9.10. The number of nitrogens with one attached hydrogen (secondary N) is 1. The lowest BCUT2D eigenvalue weighted by Crippen LogP contribution is -2.15. The standard InChI is InChI=1S/C18H14BrN3O2S2/c19-12-5-3-4-11(8-12)14-9-26-18(21-14)22-17(24)13-6-1-2-7-15(13)25-10-16(20)23/h1-9H,10H2,(H2,20,23)(H,21,22,24). The van der Waals surface area contributed by atoms with Gasteiger partial charge in [0.2, 0.25) is 5.91 Å². The van der Waals surface area contributed by atoms with Gasteiger partial charge in [-0.05, 0) is 24.3 Å². The summed E-state index contributed by atoms with van der Waals surface area (Å²) < 4.78 is 0.967. The van der Waals surface area contributed by atoms with E-state index >= 15 is 0 Å². The van der Waals surface area contributed by atoms with E-state index in [1.165, 1.54) is 23.1 Å². The minimum absolute atomic E-state index is 0.120. The minimum Gasteiger partial charge on any atom is -0.369 e. The van der Waals surface area contributed by atoms with Crippen molar-refractivity contribution in [2.45, 2.75) is 4.90 Å². The zero-order valence-corrected chi connectivity index (χ0v) is 16.7. The van der Waals surface area contributed by atoms with Crippen LogP contribution in [0.25, 0.3) is 11.3 Å². The van der Waals surface area contributed by atoms with Gasteiger partial charge in [-0.1, -0.05) is 40.2 Å². The number of thioether (sulfide) groups is 1. The van der Waals surface area contributed by atoms with Gasteiger partial charge in [-0.15, -0.1) is 23.1 Å². The molecule has 3 aromatic rings. The highest BCUT2D eigenvalue weighted by Crippen LogP contribution is 2.28. The highest BCUT2D eigenvalue weighted by Gasteiger charge is 2.14. The Bertz CT molecular complexity index is 959. The van der Waals surface area contributed by atoms with Crippen molar-refractivity contribution in [1.82, 2.24) is 4.98 Å². The molecule has 8 heteroatoms. The van der Waals surface area contributed by atoms with Crippen molar-refractivity contribution in [2.24, 2.45) is 5.73 Å². The molecule has 0 unspecified atom stereocenters. The largest absolute Gasteiger partial charge is 0.369 e. The molecular weight excluding hydrogens is 434 g/mol. The number of thiazole rings is 1. The number of amides is 2. The fraction of sp³-hybridized carbons (Fsp3) is 0.0556. The van der Waals surface area contributed by atoms with Gasteiger partial charge in [0.05, 0.1) is 17.0 Å². The van der Waals surface area contributed by atoms with Crippen LogP contribution in [0.3, 0.4) is 0 Å². The Balaban J connectivity index is 1.76. The summed E-state index contributed by atoms with van der Waals surface area (Å²) in [6, 6.07) is 14.9. The van der Waals surface area contributed by atoms with Crippen molar-refractivity contribution in [2.75, 3.05) is 11.1 Å². The maximum Gasteiger partial charge on any atom is 0.258 e. The fourth-order valence-electron chi connectivity index (χ4n) is 2.20. The summed E-state index contributed by atoms with van der Waals surface area (Å²) in [5.74, 6) is -0.578. The van der Waals surface area contributed by atoms with Crippen LogP contribution in [-0.4, -0.2) is 22.6 Å². The average molecular weight is 448 g/mol. The number of carbonyl (C=O) groups excluding carboxylic acids is 2. The third-order valence-electron chi connectivity index (χ3n) is 3.35. The van der Waals surface area contributed by atoms with E-state index in [1.54, 1.807) is 18.2 Å². The fourth-order valence-corrected chi connectivity index (χ4v) is 4.11. The Labute approximate surface area is 167 Å². The minimum atomic E-state index is -0.427. The SMILES string of the molecule is NC(=O)CSc1ccccc1C(=O)Nc1nc(-c2cccc(Br)c2)cs1. The normalized spacial score (nSPS) is 10.5. The number of halogens is 1. The van der Waals surface area contributed by atoms with Gasteiger partial charge >= 0.3 is 0 Å². The molecule has 2 aromatic carbocycles. The second-order valence-electron chi connectivity index (χ2n) is 5.25. The molecule has 3 N–H and O–H groups in total. The van der Waals surface area contributed by atoms with Gasteiger partial charge in [-0.3, -0.25) is 14.9 Å². The lowest BCUT2D eigenvalue weighted by molar-refractivity contribution is -0.115. The highest BCUT2D eigenvalue weighted by atomic mass is 79.9. The van der Waals surface area contributed by atoms with Crippen molar-refractivity contribution in [3.05, 3.63) is 63.9 Å². The lowest BCUT2D eigenvalue weighted by atomic mass is 10.2. The zero-order chi connectivity index (χ0) is 18.5. The number of nitrogens with zero attached hydrogens (tertiary/aromatic N) is 1. The number of hydrogen-bond acceptors (Lipinski definition) is 5. The predicted molar refractivity (Wildman–Crippen MR) is 110 cm³/mol. The van der Waals surface area contributed by atoms with E-state index in [-0.39, 0.29) is 11.7 Å². The Hall–Kier alpha value is -2.16. The number of rotatable bonds is 6. The molecule has 132 valence electrons. The first-order valence-electron chi connectivity index (χ1n) is 7.56. The predicted octanol–water partition coefficient (Wildman–Crippen LogP) is 4.40. The first kappa shape index (κ1) is 18.6. The molecule has 0 bridgehead atoms. The number of benzene rings is 2. The first-order valence-corrected chi connectivity index (χ1v) is 10.2. The third-order valence-corrected chi connectivity index (χ3v) is 5.69. The molecule has 1 heterocycles. The smallest absolute Gasteiger partial charge is 0.258 e. The number of primary amides is 1. The van der Waals surface area contributed by atoms with Crippen molar-refractivity contribution in [3.8, 4) is 11.3 Å². The monoisotopic (exact) mass is 447 g/mol. The second-order valence-corrected chi connectivity index (χ2v) is 8.04. The van der Waals surface area contributed by atoms with E-state index in [9.17, 15) is 9.59 Å². The van der Waals surface area contributed by atoms with E-state index < -0.39 is 5.91 Å². The van der Waals surface area contributed by atoms with E-state index in [0.29, 0.717) is 15.6 Å². The summed E-state index contributed by atoms with van der Waals surface area (Å²) in [6.45, 7) is 0. The van der Waals surface area contributed by atoms with Gasteiger partial charge in [0.1, 0.15) is 0 Å². The van der Waals surface area contributed by atoms with Crippen LogP contribution in [0, 0.1) is 0 Å². The van der Waals surface area contributed by atoms with E-state index in [2.05, 4.69) is 26.2 Å². The van der Waals surface area contributed by atoms with Crippen LogP contribution in [0.4, 0.5) is 5.13 Å². The van der Waals surface area contributed by atoms with Crippen molar-refractivity contribution in [3.63, 3.8) is 0 Å². The molecule has 1 aromatic heterocycles. The molecule has 0 saturated carbocycles. The quantitative estimate of drug-likeness (QED) is 0.548. The number of carbonyl (C=O) groups is 2. The van der Waals surface area contributed by atoms with E-state index in [4.69, 9.17) is 5.73 Å². The van der Waals surface area contributed by atoms with Crippen LogP contribution < -0.4 is 11.1 Å². The molecule has 0 atom stereocenters. The maximum absolute atomic E-state index is 12.6. The summed E-state index contributed by atoms with van der Waals surface area (Å²) in [7, 11) is 0. The van der Waals surface area contributed by atoms with Crippen LogP contribution in [0.15, 0.2) is 63.3 Å². The molecule has 0 aliphatic heterocycles. The summed E-state index contributed by atoms with van der Waals surface area (Å²) in [4.78, 5) is 28.8. The molecule has 0 aliphatic rings. The van der Waals surface area contributed by atoms with E-state index in [1.807, 2.05) is 35.7 Å². The molecule has 26 heavy (non-hydrogen) atoms. The number of hydrogen-bond donors (Lipinski definition) is 2. The van der Waals surface area contributed by atoms with Gasteiger partial charge < -0.3 is 5.73 Å². The van der Waals surface area contributed by atoms with Crippen LogP contribution in [0.5, 0.6) is 0 Å². The molecular formula is C18H14BrN3O2S2. The zero-order valence-electron chi connectivity index (χ0n) is 13.4. The van der Waals surface area contributed by atoms with Gasteiger partial charge in [0.25, 0.3) is 5.91 Å². The van der Waals surface area contributed by atoms with Crippen molar-refractivity contribution in [1.29, 1.82) is 0 Å². The number of anilines is 1. The second kappa shape index (κ2) is 8.48. The molecule has 0 saturated heterocycles. The van der Waals surface area contributed by atoms with Crippen LogP contribution in [-0.2, 0) is 4.79 Å². The molecule has 0 spiro atoms. The Kier molecular flexibility index (Phi) is 6.08. The van der Waals surface area contributed by atoms with Crippen LogP contribution >= 0.6 is 39.0 Å². The van der Waals surface area contributed by atoms with Gasteiger partial charge in [-0.25, -0.2) is 4.98 Å². The van der Waals surface area contributed by atoms with Gasteiger partial charge in [0.15, 0.2) is 5.13 Å². The third kappa shape index (κ3) is 4.72. The summed E-state index contributed by atoms with van der Waals surface area (Å²) in [5.41, 5.74) is 7.43. The number of aromatic nitrogens is 1. The topological polar surface area (TPSA) is 85.1 Å².